The molecular weight excluding hydrogens is 248 g/mol. The molecule has 0 bridgehead atoms. The molecule has 0 aliphatic carbocycles. The van der Waals surface area contributed by atoms with Crippen LogP contribution in [0.3, 0.4) is 0 Å². The Bertz CT molecular complexity index is 260. The molecule has 2 heterocycles. The maximum Gasteiger partial charge on any atom is 0.236 e. The molecular formula is C9H13BrN2O2. The summed E-state index contributed by atoms with van der Waals surface area (Å²) in [4.78, 5) is 24.5. The molecule has 2 aliphatic rings. The molecule has 0 aromatic heterocycles. The van der Waals surface area contributed by atoms with E-state index in [1.807, 2.05) is 4.90 Å². The number of halogens is 1. The number of nitrogens with zero attached hydrogens (tertiary/aromatic N) is 1. The normalized spacial score (nSPS) is 33.4. The minimum Gasteiger partial charge on any atom is -0.354 e. The first-order valence-corrected chi connectivity index (χ1v) is 5.81. The van der Waals surface area contributed by atoms with Gasteiger partial charge < -0.3 is 10.2 Å². The number of hydrogen-bond donors (Lipinski definition) is 1. The summed E-state index contributed by atoms with van der Waals surface area (Å²) in [6, 6.07) is 0.211. The molecule has 2 atom stereocenters. The van der Waals surface area contributed by atoms with Crippen LogP contribution in [-0.2, 0) is 9.59 Å². The van der Waals surface area contributed by atoms with Gasteiger partial charge in [0.25, 0.3) is 0 Å². The molecule has 0 saturated carbocycles. The van der Waals surface area contributed by atoms with Gasteiger partial charge in [0.1, 0.15) is 0 Å². The van der Waals surface area contributed by atoms with Crippen LogP contribution in [0, 0.1) is 0 Å². The predicted molar refractivity (Wildman–Crippen MR) is 55.1 cm³/mol. The van der Waals surface area contributed by atoms with Crippen LogP contribution in [0.4, 0.5) is 0 Å². The third-order valence-electron chi connectivity index (χ3n) is 2.85. The van der Waals surface area contributed by atoms with Gasteiger partial charge >= 0.3 is 0 Å². The van der Waals surface area contributed by atoms with E-state index in [1.54, 1.807) is 0 Å². The molecule has 0 aromatic rings. The number of amides is 2. The van der Waals surface area contributed by atoms with E-state index in [9.17, 15) is 9.59 Å². The van der Waals surface area contributed by atoms with Crippen molar-refractivity contribution in [2.24, 2.45) is 0 Å². The molecule has 5 heteroatoms. The zero-order chi connectivity index (χ0) is 10.1. The number of hydrogen-bond acceptors (Lipinski definition) is 2. The SMILES string of the molecule is O=C1CCC(N2CCC(Br)C2=O)CN1. The Morgan fingerprint density at radius 2 is 2.14 bits per heavy atom. The number of alkyl halides is 1. The van der Waals surface area contributed by atoms with Crippen molar-refractivity contribution in [3.8, 4) is 0 Å². The van der Waals surface area contributed by atoms with E-state index in [-0.39, 0.29) is 22.7 Å². The van der Waals surface area contributed by atoms with Crippen LogP contribution in [0.2, 0.25) is 0 Å². The van der Waals surface area contributed by atoms with Gasteiger partial charge in [-0.2, -0.15) is 0 Å². The van der Waals surface area contributed by atoms with Crippen molar-refractivity contribution in [3.05, 3.63) is 0 Å². The van der Waals surface area contributed by atoms with Gasteiger partial charge in [0.2, 0.25) is 11.8 Å². The first-order valence-electron chi connectivity index (χ1n) is 4.90. The lowest BCUT2D eigenvalue weighted by molar-refractivity contribution is -0.132. The monoisotopic (exact) mass is 260 g/mol. The molecule has 0 aromatic carbocycles. The highest BCUT2D eigenvalue weighted by Gasteiger charge is 2.35. The van der Waals surface area contributed by atoms with Crippen molar-refractivity contribution in [2.45, 2.75) is 30.1 Å². The summed E-state index contributed by atoms with van der Waals surface area (Å²) in [6.07, 6.45) is 2.22. The lowest BCUT2D eigenvalue weighted by Gasteiger charge is -2.31. The average molecular weight is 261 g/mol. The van der Waals surface area contributed by atoms with Crippen molar-refractivity contribution in [1.82, 2.24) is 10.2 Å². The Balaban J connectivity index is 1.96. The highest BCUT2D eigenvalue weighted by Crippen LogP contribution is 2.23. The molecule has 1 N–H and O–H groups in total. The Morgan fingerprint density at radius 1 is 1.36 bits per heavy atom. The summed E-state index contributed by atoms with van der Waals surface area (Å²) in [6.45, 7) is 1.43. The van der Waals surface area contributed by atoms with E-state index in [1.165, 1.54) is 0 Å². The zero-order valence-electron chi connectivity index (χ0n) is 7.83. The van der Waals surface area contributed by atoms with Gasteiger partial charge in [-0.25, -0.2) is 0 Å². The van der Waals surface area contributed by atoms with E-state index >= 15 is 0 Å². The van der Waals surface area contributed by atoms with Gasteiger partial charge in [-0.1, -0.05) is 15.9 Å². The first kappa shape index (κ1) is 9.96. The molecule has 14 heavy (non-hydrogen) atoms. The highest BCUT2D eigenvalue weighted by atomic mass is 79.9. The van der Waals surface area contributed by atoms with Crippen LogP contribution in [0.5, 0.6) is 0 Å². The molecule has 4 nitrogen and oxygen atoms in total. The molecule has 0 spiro atoms. The maximum atomic E-state index is 11.7. The van der Waals surface area contributed by atoms with Crippen LogP contribution >= 0.6 is 15.9 Å². The van der Waals surface area contributed by atoms with Gasteiger partial charge in [-0.05, 0) is 12.8 Å². The molecule has 0 radical (unpaired) electrons. The molecule has 2 fully saturated rings. The van der Waals surface area contributed by atoms with E-state index in [4.69, 9.17) is 0 Å². The quantitative estimate of drug-likeness (QED) is 0.688. The number of piperidine rings is 1. The van der Waals surface area contributed by atoms with Crippen molar-refractivity contribution in [1.29, 1.82) is 0 Å². The second-order valence-corrected chi connectivity index (χ2v) is 4.89. The molecule has 2 saturated heterocycles. The largest absolute Gasteiger partial charge is 0.354 e. The number of likely N-dealkylation sites (tertiary alicyclic amines) is 1. The lowest BCUT2D eigenvalue weighted by Crippen LogP contribution is -2.49. The summed E-state index contributed by atoms with van der Waals surface area (Å²) >= 11 is 3.34. The fraction of sp³-hybridized carbons (Fsp3) is 0.778. The Kier molecular flexibility index (Phi) is 2.76. The molecule has 2 amide bonds. The first-order chi connectivity index (χ1) is 6.68. The second kappa shape index (κ2) is 3.88. The molecule has 2 unspecified atom stereocenters. The van der Waals surface area contributed by atoms with Gasteiger partial charge in [-0.3, -0.25) is 9.59 Å². The minimum atomic E-state index is -0.0138. The topological polar surface area (TPSA) is 49.4 Å². The van der Waals surface area contributed by atoms with Crippen LogP contribution in [-0.4, -0.2) is 40.7 Å². The maximum absolute atomic E-state index is 11.7. The highest BCUT2D eigenvalue weighted by molar-refractivity contribution is 9.10. The van der Waals surface area contributed by atoms with E-state index < -0.39 is 0 Å². The van der Waals surface area contributed by atoms with E-state index in [0.29, 0.717) is 13.0 Å². The Hall–Kier alpha value is -0.580. The molecule has 2 aliphatic heterocycles. The third kappa shape index (κ3) is 1.78. The van der Waals surface area contributed by atoms with Gasteiger partial charge in [0, 0.05) is 25.6 Å². The summed E-state index contributed by atoms with van der Waals surface area (Å²) in [5.74, 6) is 0.273. The standard InChI is InChI=1S/C9H13BrN2O2/c10-7-3-4-12(9(7)14)6-1-2-8(13)11-5-6/h6-7H,1-5H2,(H,11,13). The smallest absolute Gasteiger partial charge is 0.236 e. The van der Waals surface area contributed by atoms with Gasteiger partial charge in [0.05, 0.1) is 4.83 Å². The van der Waals surface area contributed by atoms with Crippen LogP contribution in [0.1, 0.15) is 19.3 Å². The van der Waals surface area contributed by atoms with E-state index in [2.05, 4.69) is 21.2 Å². The molecule has 2 rings (SSSR count). The Labute approximate surface area is 91.1 Å². The summed E-state index contributed by atoms with van der Waals surface area (Å²) < 4.78 is 0. The van der Waals surface area contributed by atoms with Crippen LogP contribution < -0.4 is 5.32 Å². The Morgan fingerprint density at radius 3 is 2.64 bits per heavy atom. The second-order valence-electron chi connectivity index (χ2n) is 3.78. The van der Waals surface area contributed by atoms with Crippen LogP contribution in [0.15, 0.2) is 0 Å². The summed E-state index contributed by atoms with van der Waals surface area (Å²) in [5, 5.41) is 2.80. The minimum absolute atomic E-state index is 0.0138. The number of carbonyl (C=O) groups is 2. The summed E-state index contributed by atoms with van der Waals surface area (Å²) in [7, 11) is 0. The van der Waals surface area contributed by atoms with Crippen LogP contribution in [0.25, 0.3) is 0 Å². The third-order valence-corrected chi connectivity index (χ3v) is 3.70. The van der Waals surface area contributed by atoms with Crippen molar-refractivity contribution in [3.63, 3.8) is 0 Å². The lowest BCUT2D eigenvalue weighted by atomic mass is 10.1. The molecule has 78 valence electrons. The van der Waals surface area contributed by atoms with Gasteiger partial charge in [0.15, 0.2) is 0 Å². The zero-order valence-corrected chi connectivity index (χ0v) is 9.42. The van der Waals surface area contributed by atoms with Crippen molar-refractivity contribution in [2.75, 3.05) is 13.1 Å². The fourth-order valence-electron chi connectivity index (χ4n) is 2.01. The number of nitrogens with one attached hydrogen (secondary N) is 1. The van der Waals surface area contributed by atoms with E-state index in [0.717, 1.165) is 19.4 Å². The van der Waals surface area contributed by atoms with Crippen molar-refractivity contribution < 1.29 is 9.59 Å². The number of rotatable bonds is 1. The van der Waals surface area contributed by atoms with Crippen molar-refractivity contribution >= 4 is 27.7 Å². The average Bonchev–Trinajstić information content (AvgIpc) is 2.50. The fourth-order valence-corrected chi connectivity index (χ4v) is 2.48. The predicted octanol–water partition coefficient (Wildman–Crippen LogP) is 0.261. The number of carbonyl (C=O) groups excluding carboxylic acids is 2. The summed E-state index contributed by atoms with van der Waals surface area (Å²) in [5.41, 5.74) is 0. The van der Waals surface area contributed by atoms with Gasteiger partial charge in [-0.15, -0.1) is 0 Å².